The molecule has 14 heteroatoms. The molecule has 41 heavy (non-hydrogen) atoms. The third-order valence-corrected chi connectivity index (χ3v) is 10.3. The van der Waals surface area contributed by atoms with Crippen LogP contribution in [0.25, 0.3) is 10.8 Å². The molecule has 2 heterocycles. The summed E-state index contributed by atoms with van der Waals surface area (Å²) >= 11 is 1.10. The van der Waals surface area contributed by atoms with Crippen LogP contribution in [0, 0.1) is 5.92 Å². The number of rotatable bonds is 13. The number of guanidine groups is 1. The average molecular weight is 610 g/mol. The number of alkyl halides is 1. The minimum absolute atomic E-state index is 0.0882. The van der Waals surface area contributed by atoms with E-state index in [1.54, 1.807) is 12.1 Å². The van der Waals surface area contributed by atoms with Gasteiger partial charge in [-0.15, -0.1) is 11.8 Å². The molecule has 1 fully saturated rings. The van der Waals surface area contributed by atoms with Gasteiger partial charge in [0.25, 0.3) is 0 Å². The van der Waals surface area contributed by atoms with E-state index >= 15 is 4.39 Å². The van der Waals surface area contributed by atoms with Gasteiger partial charge in [0.15, 0.2) is 6.17 Å². The number of nitrogens with one attached hydrogen (secondary N) is 1. The quantitative estimate of drug-likeness (QED) is 0.224. The second-order valence-corrected chi connectivity index (χ2v) is 13.0. The maximum Gasteiger partial charge on any atom is 0.459 e. The first-order chi connectivity index (χ1) is 19.6. The lowest BCUT2D eigenvalue weighted by molar-refractivity contribution is -0.146. The summed E-state index contributed by atoms with van der Waals surface area (Å²) in [6, 6.07) is 11.6. The van der Waals surface area contributed by atoms with Gasteiger partial charge >= 0.3 is 13.7 Å². The van der Waals surface area contributed by atoms with Crippen LogP contribution < -0.4 is 15.3 Å². The second-order valence-electron chi connectivity index (χ2n) is 9.94. The van der Waals surface area contributed by atoms with Gasteiger partial charge in [-0.3, -0.25) is 9.32 Å². The highest BCUT2D eigenvalue weighted by Crippen LogP contribution is 2.48. The summed E-state index contributed by atoms with van der Waals surface area (Å²) in [5.74, 6) is -0.0241. The number of fused-ring (bicyclic) bond motifs is 1. The van der Waals surface area contributed by atoms with Gasteiger partial charge in [0.05, 0.1) is 24.8 Å². The number of ether oxygens (including phenoxy) is 1. The first-order valence-electron chi connectivity index (χ1n) is 13.6. The molecule has 0 spiro atoms. The third-order valence-electron chi connectivity index (χ3n) is 7.05. The Morgan fingerprint density at radius 1 is 1.27 bits per heavy atom. The Labute approximate surface area is 243 Å². The summed E-state index contributed by atoms with van der Waals surface area (Å²) in [4.78, 5) is 22.2. The number of carbonyl (C=O) groups is 1. The normalized spacial score (nSPS) is 24.7. The van der Waals surface area contributed by atoms with E-state index in [4.69, 9.17) is 19.5 Å². The number of aliphatic hydroxyl groups is 1. The van der Waals surface area contributed by atoms with Crippen LogP contribution in [0.2, 0.25) is 0 Å². The highest BCUT2D eigenvalue weighted by atomic mass is 32.2. The van der Waals surface area contributed by atoms with Gasteiger partial charge in [-0.05, 0) is 24.3 Å². The number of hydrogen-bond donors (Lipinski definition) is 3. The van der Waals surface area contributed by atoms with Crippen molar-refractivity contribution < 1.29 is 32.6 Å². The monoisotopic (exact) mass is 609 g/mol. The number of hydrogen-bond acceptors (Lipinski definition) is 11. The summed E-state index contributed by atoms with van der Waals surface area (Å²) < 4.78 is 46.4. The van der Waals surface area contributed by atoms with Crippen LogP contribution in [0.5, 0.6) is 5.75 Å². The maximum atomic E-state index is 15.1. The molecule has 0 amide bonds. The number of nitrogens with zero attached hydrogens (tertiary/aromatic N) is 3. The molecule has 4 rings (SSSR count). The van der Waals surface area contributed by atoms with Gasteiger partial charge in [0.1, 0.15) is 29.9 Å². The molecule has 2 aliphatic rings. The van der Waals surface area contributed by atoms with Crippen LogP contribution in [-0.2, 0) is 18.6 Å². The van der Waals surface area contributed by atoms with E-state index in [2.05, 4.69) is 15.1 Å². The van der Waals surface area contributed by atoms with E-state index in [0.29, 0.717) is 5.39 Å². The van der Waals surface area contributed by atoms with E-state index in [-0.39, 0.29) is 37.5 Å². The molecule has 11 nitrogen and oxygen atoms in total. The first-order valence-corrected chi connectivity index (χ1v) is 16.1. The second kappa shape index (κ2) is 14.0. The van der Waals surface area contributed by atoms with Crippen molar-refractivity contribution in [2.75, 3.05) is 19.9 Å². The minimum atomic E-state index is -4.25. The van der Waals surface area contributed by atoms with Gasteiger partial charge < -0.3 is 25.0 Å². The molecule has 6 atom stereocenters. The van der Waals surface area contributed by atoms with Gasteiger partial charge in [0.2, 0.25) is 5.96 Å². The zero-order chi connectivity index (χ0) is 29.6. The van der Waals surface area contributed by atoms with E-state index in [1.807, 2.05) is 44.2 Å². The minimum Gasteiger partial charge on any atom is -0.464 e. The third kappa shape index (κ3) is 7.78. The van der Waals surface area contributed by atoms with Crippen LogP contribution in [-0.4, -0.2) is 77.1 Å². The van der Waals surface area contributed by atoms with Crippen molar-refractivity contribution in [3.63, 3.8) is 0 Å². The van der Waals surface area contributed by atoms with Crippen LogP contribution in [0.1, 0.15) is 33.6 Å². The largest absolute Gasteiger partial charge is 0.464 e. The summed E-state index contributed by atoms with van der Waals surface area (Å²) in [6.45, 7) is 5.55. The molecule has 0 radical (unpaired) electrons. The number of carbonyl (C=O) groups excluding carboxylic acids is 1. The predicted octanol–water partition coefficient (Wildman–Crippen LogP) is 4.06. The van der Waals surface area contributed by atoms with E-state index in [1.165, 1.54) is 18.2 Å². The van der Waals surface area contributed by atoms with Crippen molar-refractivity contribution in [2.45, 2.75) is 62.6 Å². The predicted molar refractivity (Wildman–Crippen MR) is 159 cm³/mol. The Balaban J connectivity index is 1.50. The van der Waals surface area contributed by atoms with E-state index in [0.717, 1.165) is 30.0 Å². The zero-order valence-corrected chi connectivity index (χ0v) is 25.0. The van der Waals surface area contributed by atoms with Gasteiger partial charge in [-0.1, -0.05) is 63.1 Å². The summed E-state index contributed by atoms with van der Waals surface area (Å²) in [5, 5.41) is 13.3. The van der Waals surface area contributed by atoms with Crippen molar-refractivity contribution in [1.29, 1.82) is 0 Å². The molecule has 2 aromatic carbocycles. The SMILES string of the molecule is CCC(CC)COC(=O)[C@H](C)NP(=O)(OC[C@H]1S[C@@H](N2C=NC(N)=NC2)[C@@H](F)[C@H]1O)Oc1cccc2ccccc12. The average Bonchev–Trinajstić information content (AvgIpc) is 3.26. The molecule has 1 saturated heterocycles. The Hall–Kier alpha value is -2.70. The lowest BCUT2D eigenvalue weighted by Crippen LogP contribution is -2.42. The smallest absolute Gasteiger partial charge is 0.459 e. The molecule has 0 saturated carbocycles. The number of aliphatic imine (C=N–C) groups is 2. The zero-order valence-electron chi connectivity index (χ0n) is 23.3. The Bertz CT molecular complexity index is 1310. The molecular weight excluding hydrogens is 572 g/mol. The van der Waals surface area contributed by atoms with Crippen molar-refractivity contribution in [3.05, 3.63) is 42.5 Å². The number of nitrogens with two attached hydrogens (primary N) is 1. The highest BCUT2D eigenvalue weighted by molar-refractivity contribution is 8.00. The number of aliphatic hydroxyl groups excluding tert-OH is 1. The standard InChI is InChI=1S/C27H37FN5O6PS/c1-4-18(5-2)13-37-26(35)17(3)32-40(36,39-21-12-8-10-19-9-6-7-11-20(19)21)38-14-22-24(34)23(28)25(41-22)33-15-30-27(29)31-16-33/h6-12,15,17-18,22-25,34H,4-5,13-14,16H2,1-3H3,(H2,29,31)(H,32,36)/t17-,22+,23-,24-,25+,40?/m0/s1. The van der Waals surface area contributed by atoms with Crippen LogP contribution in [0.4, 0.5) is 4.39 Å². The molecule has 0 aliphatic carbocycles. The fourth-order valence-corrected chi connectivity index (χ4v) is 7.46. The number of esters is 1. The highest BCUT2D eigenvalue weighted by Gasteiger charge is 2.47. The van der Waals surface area contributed by atoms with Crippen LogP contribution in [0.3, 0.4) is 0 Å². The summed E-state index contributed by atoms with van der Waals surface area (Å²) in [5.41, 5.74) is 5.56. The van der Waals surface area contributed by atoms with Crippen molar-refractivity contribution in [1.82, 2.24) is 9.99 Å². The number of halogens is 1. The van der Waals surface area contributed by atoms with Crippen molar-refractivity contribution >= 4 is 48.5 Å². The topological polar surface area (TPSA) is 148 Å². The van der Waals surface area contributed by atoms with Crippen molar-refractivity contribution in [2.24, 2.45) is 21.6 Å². The molecule has 4 N–H and O–H groups in total. The van der Waals surface area contributed by atoms with E-state index in [9.17, 15) is 14.5 Å². The fraction of sp³-hybridized carbons (Fsp3) is 0.519. The Morgan fingerprint density at radius 3 is 2.71 bits per heavy atom. The molecule has 1 unspecified atom stereocenters. The molecule has 2 aliphatic heterocycles. The number of benzene rings is 2. The number of thioether (sulfide) groups is 1. The van der Waals surface area contributed by atoms with E-state index < -0.39 is 42.7 Å². The first kappa shape index (κ1) is 31.2. The lowest BCUT2D eigenvalue weighted by atomic mass is 10.1. The van der Waals surface area contributed by atoms with Gasteiger partial charge in [0, 0.05) is 5.39 Å². The molecule has 2 aromatic rings. The molecule has 0 aromatic heterocycles. The molecular formula is C27H37FN5O6PS. The summed E-state index contributed by atoms with van der Waals surface area (Å²) in [7, 11) is -4.25. The fourth-order valence-electron chi connectivity index (χ4n) is 4.42. The maximum absolute atomic E-state index is 15.1. The van der Waals surface area contributed by atoms with Crippen LogP contribution in [0.15, 0.2) is 52.4 Å². The Kier molecular flexibility index (Phi) is 10.6. The molecule has 0 bridgehead atoms. The molecule has 224 valence electrons. The summed E-state index contributed by atoms with van der Waals surface area (Å²) in [6.07, 6.45) is 0.0273. The Morgan fingerprint density at radius 2 is 2.00 bits per heavy atom. The lowest BCUT2D eigenvalue weighted by Gasteiger charge is -2.27. The van der Waals surface area contributed by atoms with Gasteiger partial charge in [-0.25, -0.2) is 18.9 Å². The van der Waals surface area contributed by atoms with Crippen LogP contribution >= 0.6 is 19.5 Å². The van der Waals surface area contributed by atoms with Crippen molar-refractivity contribution in [3.8, 4) is 5.75 Å². The van der Waals surface area contributed by atoms with Gasteiger partial charge in [-0.2, -0.15) is 5.09 Å².